The third-order valence-corrected chi connectivity index (χ3v) is 4.56. The standard InChI is InChI=1S/C18H23N3/c1-20-13-18(21(2)14-8-4-3-5-9-14)16-11-7-6-10-15(16)17(20)12-19/h3-11,17-18H,12-13,19H2,1-2H3. The fourth-order valence-electron chi connectivity index (χ4n) is 3.33. The molecule has 2 aromatic rings. The minimum Gasteiger partial charge on any atom is -0.366 e. The van der Waals surface area contributed by atoms with Crippen LogP contribution in [0.2, 0.25) is 0 Å². The summed E-state index contributed by atoms with van der Waals surface area (Å²) in [6, 6.07) is 19.9. The van der Waals surface area contributed by atoms with E-state index in [0.29, 0.717) is 18.6 Å². The molecule has 0 fully saturated rings. The predicted octanol–water partition coefficient (Wildman–Crippen LogP) is 2.81. The van der Waals surface area contributed by atoms with Crippen molar-refractivity contribution in [2.45, 2.75) is 12.1 Å². The van der Waals surface area contributed by atoms with Crippen molar-refractivity contribution in [1.82, 2.24) is 4.90 Å². The van der Waals surface area contributed by atoms with Crippen molar-refractivity contribution in [1.29, 1.82) is 0 Å². The van der Waals surface area contributed by atoms with E-state index in [1.165, 1.54) is 16.8 Å². The third-order valence-electron chi connectivity index (χ3n) is 4.56. The molecular formula is C18H23N3. The highest BCUT2D eigenvalue weighted by Crippen LogP contribution is 2.37. The Morgan fingerprint density at radius 3 is 2.33 bits per heavy atom. The summed E-state index contributed by atoms with van der Waals surface area (Å²) in [5.74, 6) is 0. The van der Waals surface area contributed by atoms with Gasteiger partial charge in [0.1, 0.15) is 0 Å². The normalized spacial score (nSPS) is 21.9. The van der Waals surface area contributed by atoms with Crippen LogP contribution in [0.4, 0.5) is 5.69 Å². The second kappa shape index (κ2) is 5.88. The number of fused-ring (bicyclic) bond motifs is 1. The zero-order valence-electron chi connectivity index (χ0n) is 12.7. The van der Waals surface area contributed by atoms with Crippen LogP contribution in [0, 0.1) is 0 Å². The van der Waals surface area contributed by atoms with E-state index in [-0.39, 0.29) is 0 Å². The molecule has 0 bridgehead atoms. The summed E-state index contributed by atoms with van der Waals surface area (Å²) in [6.07, 6.45) is 0. The van der Waals surface area contributed by atoms with Gasteiger partial charge in [-0.1, -0.05) is 42.5 Å². The highest BCUT2D eigenvalue weighted by atomic mass is 15.2. The van der Waals surface area contributed by atoms with E-state index in [1.807, 2.05) is 0 Å². The van der Waals surface area contributed by atoms with Crippen molar-refractivity contribution in [3.63, 3.8) is 0 Å². The maximum Gasteiger partial charge on any atom is 0.0669 e. The van der Waals surface area contributed by atoms with E-state index in [2.05, 4.69) is 78.5 Å². The van der Waals surface area contributed by atoms with Crippen LogP contribution in [-0.2, 0) is 0 Å². The number of para-hydroxylation sites is 1. The van der Waals surface area contributed by atoms with Crippen molar-refractivity contribution < 1.29 is 0 Å². The number of nitrogens with two attached hydrogens (primary N) is 1. The molecule has 3 rings (SSSR count). The van der Waals surface area contributed by atoms with Crippen LogP contribution in [-0.4, -0.2) is 32.1 Å². The zero-order valence-corrected chi connectivity index (χ0v) is 12.7. The Morgan fingerprint density at radius 2 is 1.67 bits per heavy atom. The van der Waals surface area contributed by atoms with Gasteiger partial charge in [-0.05, 0) is 30.3 Å². The Morgan fingerprint density at radius 1 is 1.05 bits per heavy atom. The molecule has 1 aliphatic rings. The lowest BCUT2D eigenvalue weighted by molar-refractivity contribution is 0.213. The summed E-state index contributed by atoms with van der Waals surface area (Å²) < 4.78 is 0. The topological polar surface area (TPSA) is 32.5 Å². The number of nitrogens with zero attached hydrogens (tertiary/aromatic N) is 2. The first kappa shape index (κ1) is 14.1. The first-order chi connectivity index (χ1) is 10.2. The molecule has 0 aliphatic carbocycles. The molecule has 1 heterocycles. The van der Waals surface area contributed by atoms with E-state index >= 15 is 0 Å². The first-order valence-electron chi connectivity index (χ1n) is 7.49. The molecule has 21 heavy (non-hydrogen) atoms. The Hall–Kier alpha value is -1.84. The highest BCUT2D eigenvalue weighted by Gasteiger charge is 2.32. The highest BCUT2D eigenvalue weighted by molar-refractivity contribution is 5.50. The Balaban J connectivity index is 2.00. The quantitative estimate of drug-likeness (QED) is 0.939. The van der Waals surface area contributed by atoms with Gasteiger partial charge >= 0.3 is 0 Å². The maximum atomic E-state index is 5.99. The van der Waals surface area contributed by atoms with Gasteiger partial charge in [-0.3, -0.25) is 4.90 Å². The average molecular weight is 281 g/mol. The van der Waals surface area contributed by atoms with Crippen LogP contribution in [0.15, 0.2) is 54.6 Å². The number of likely N-dealkylation sites (N-methyl/N-ethyl adjacent to an activating group) is 2. The summed E-state index contributed by atoms with van der Waals surface area (Å²) >= 11 is 0. The molecule has 0 amide bonds. The maximum absolute atomic E-state index is 5.99. The summed E-state index contributed by atoms with van der Waals surface area (Å²) in [7, 11) is 4.34. The van der Waals surface area contributed by atoms with Gasteiger partial charge in [-0.25, -0.2) is 0 Å². The summed E-state index contributed by atoms with van der Waals surface area (Å²) in [6.45, 7) is 1.65. The molecule has 0 aromatic heterocycles. The van der Waals surface area contributed by atoms with E-state index in [9.17, 15) is 0 Å². The zero-order chi connectivity index (χ0) is 14.8. The molecule has 3 nitrogen and oxygen atoms in total. The van der Waals surface area contributed by atoms with Gasteiger partial charge in [0.15, 0.2) is 0 Å². The van der Waals surface area contributed by atoms with Crippen LogP contribution in [0.1, 0.15) is 23.2 Å². The van der Waals surface area contributed by atoms with E-state index in [1.54, 1.807) is 0 Å². The summed E-state index contributed by atoms with van der Waals surface area (Å²) in [5.41, 5.74) is 10.00. The molecule has 2 aromatic carbocycles. The molecule has 0 spiro atoms. The van der Waals surface area contributed by atoms with Crippen LogP contribution >= 0.6 is 0 Å². The van der Waals surface area contributed by atoms with Gasteiger partial charge in [0.25, 0.3) is 0 Å². The summed E-state index contributed by atoms with van der Waals surface area (Å²) in [5, 5.41) is 0. The monoisotopic (exact) mass is 281 g/mol. The largest absolute Gasteiger partial charge is 0.366 e. The van der Waals surface area contributed by atoms with E-state index < -0.39 is 0 Å². The molecule has 0 saturated heterocycles. The van der Waals surface area contributed by atoms with Crippen molar-refractivity contribution in [3.05, 3.63) is 65.7 Å². The second-order valence-electron chi connectivity index (χ2n) is 5.78. The van der Waals surface area contributed by atoms with E-state index in [4.69, 9.17) is 5.73 Å². The third kappa shape index (κ3) is 2.55. The smallest absolute Gasteiger partial charge is 0.0669 e. The molecule has 1 aliphatic heterocycles. The van der Waals surface area contributed by atoms with Crippen LogP contribution in [0.3, 0.4) is 0 Å². The molecule has 3 heteroatoms. The minimum absolute atomic E-state index is 0.321. The van der Waals surface area contributed by atoms with Crippen LogP contribution in [0.25, 0.3) is 0 Å². The van der Waals surface area contributed by atoms with Gasteiger partial charge in [-0.15, -0.1) is 0 Å². The SMILES string of the molecule is CN1CC(N(C)c2ccccc2)c2ccccc2C1CN. The van der Waals surface area contributed by atoms with Gasteiger partial charge in [-0.2, -0.15) is 0 Å². The molecule has 0 saturated carbocycles. The van der Waals surface area contributed by atoms with Crippen LogP contribution < -0.4 is 10.6 Å². The van der Waals surface area contributed by atoms with Crippen molar-refractivity contribution in [3.8, 4) is 0 Å². The summed E-state index contributed by atoms with van der Waals surface area (Å²) in [4.78, 5) is 4.73. The van der Waals surface area contributed by atoms with Gasteiger partial charge in [0.05, 0.1) is 6.04 Å². The molecule has 2 unspecified atom stereocenters. The lowest BCUT2D eigenvalue weighted by Gasteiger charge is -2.42. The molecular weight excluding hydrogens is 258 g/mol. The number of hydrogen-bond donors (Lipinski definition) is 1. The van der Waals surface area contributed by atoms with Crippen molar-refractivity contribution in [2.75, 3.05) is 32.1 Å². The Labute approximate surface area is 127 Å². The van der Waals surface area contributed by atoms with Crippen molar-refractivity contribution in [2.24, 2.45) is 5.73 Å². The first-order valence-corrected chi connectivity index (χ1v) is 7.49. The van der Waals surface area contributed by atoms with E-state index in [0.717, 1.165) is 6.54 Å². The number of rotatable bonds is 3. The van der Waals surface area contributed by atoms with Crippen LogP contribution in [0.5, 0.6) is 0 Å². The lowest BCUT2D eigenvalue weighted by atomic mass is 9.89. The molecule has 2 atom stereocenters. The molecule has 2 N–H and O–H groups in total. The Kier molecular flexibility index (Phi) is 3.95. The average Bonchev–Trinajstić information content (AvgIpc) is 2.54. The number of hydrogen-bond acceptors (Lipinski definition) is 3. The Bertz CT molecular complexity index is 596. The molecule has 0 radical (unpaired) electrons. The minimum atomic E-state index is 0.321. The van der Waals surface area contributed by atoms with Gasteiger partial charge in [0, 0.05) is 31.9 Å². The van der Waals surface area contributed by atoms with Gasteiger partial charge in [0.2, 0.25) is 0 Å². The lowest BCUT2D eigenvalue weighted by Crippen LogP contribution is -2.43. The molecule has 110 valence electrons. The fraction of sp³-hybridized carbons (Fsp3) is 0.333. The van der Waals surface area contributed by atoms with Crippen molar-refractivity contribution >= 4 is 5.69 Å². The predicted molar refractivity (Wildman–Crippen MR) is 88.5 cm³/mol. The second-order valence-corrected chi connectivity index (χ2v) is 5.78. The fourth-order valence-corrected chi connectivity index (χ4v) is 3.33. The van der Waals surface area contributed by atoms with Gasteiger partial charge < -0.3 is 10.6 Å². The number of benzene rings is 2. The number of anilines is 1.